The molecule has 2 aromatic carbocycles. The summed E-state index contributed by atoms with van der Waals surface area (Å²) < 4.78 is 5.54. The van der Waals surface area contributed by atoms with Crippen molar-refractivity contribution in [3.63, 3.8) is 0 Å². The number of benzene rings is 2. The van der Waals surface area contributed by atoms with Gasteiger partial charge in [0.05, 0.1) is 29.2 Å². The minimum Gasteiger partial charge on any atom is -0.463 e. The Labute approximate surface area is 209 Å². The van der Waals surface area contributed by atoms with Crippen LogP contribution in [0.5, 0.6) is 0 Å². The van der Waals surface area contributed by atoms with Crippen LogP contribution in [0.2, 0.25) is 0 Å². The van der Waals surface area contributed by atoms with Crippen molar-refractivity contribution in [2.24, 2.45) is 0 Å². The van der Waals surface area contributed by atoms with E-state index in [0.717, 1.165) is 30.7 Å². The van der Waals surface area contributed by atoms with Crippen molar-refractivity contribution in [1.29, 1.82) is 0 Å². The Morgan fingerprint density at radius 2 is 1.86 bits per heavy atom. The number of fused-ring (bicyclic) bond motifs is 1. The molecule has 0 unspecified atom stereocenters. The summed E-state index contributed by atoms with van der Waals surface area (Å²) >= 11 is 0. The third-order valence-electron chi connectivity index (χ3n) is 5.86. The number of hydrogen-bond acceptors (Lipinski definition) is 6. The van der Waals surface area contributed by atoms with E-state index in [2.05, 4.69) is 51.8 Å². The van der Waals surface area contributed by atoms with Crippen LogP contribution in [0.3, 0.4) is 0 Å². The fraction of sp³-hybridized carbons (Fsp3) is 0.138. The van der Waals surface area contributed by atoms with Gasteiger partial charge in [-0.3, -0.25) is 9.78 Å². The number of amides is 1. The monoisotopic (exact) mass is 477 g/mol. The van der Waals surface area contributed by atoms with Gasteiger partial charge in [-0.15, -0.1) is 0 Å². The normalized spacial score (nSPS) is 11.1. The largest absolute Gasteiger partial charge is 0.463 e. The summed E-state index contributed by atoms with van der Waals surface area (Å²) in [7, 11) is 2.11. The predicted molar refractivity (Wildman–Crippen MR) is 143 cm³/mol. The van der Waals surface area contributed by atoms with Crippen molar-refractivity contribution in [3.8, 4) is 11.5 Å². The Bertz CT molecular complexity index is 1440. The van der Waals surface area contributed by atoms with E-state index >= 15 is 0 Å². The van der Waals surface area contributed by atoms with Gasteiger partial charge >= 0.3 is 0 Å². The summed E-state index contributed by atoms with van der Waals surface area (Å²) in [6.45, 7) is 2.53. The maximum absolute atomic E-state index is 13.3. The molecule has 7 heteroatoms. The van der Waals surface area contributed by atoms with Gasteiger partial charge in [0, 0.05) is 36.9 Å². The van der Waals surface area contributed by atoms with Gasteiger partial charge in [-0.25, -0.2) is 4.98 Å². The molecule has 0 saturated heterocycles. The first-order valence-corrected chi connectivity index (χ1v) is 11.8. The van der Waals surface area contributed by atoms with Crippen LogP contribution >= 0.6 is 0 Å². The number of nitrogens with one attached hydrogen (secondary N) is 2. The first kappa shape index (κ1) is 23.3. The molecule has 7 nitrogen and oxygen atoms in total. The van der Waals surface area contributed by atoms with E-state index in [1.165, 1.54) is 5.56 Å². The van der Waals surface area contributed by atoms with Crippen LogP contribution in [0.25, 0.3) is 22.4 Å². The van der Waals surface area contributed by atoms with E-state index < -0.39 is 0 Å². The molecular formula is C29H27N5O2. The van der Waals surface area contributed by atoms with Crippen molar-refractivity contribution in [1.82, 2.24) is 14.9 Å². The van der Waals surface area contributed by atoms with E-state index in [1.807, 2.05) is 30.3 Å². The highest BCUT2D eigenvalue weighted by Crippen LogP contribution is 2.28. The molecule has 0 saturated carbocycles. The zero-order valence-electron chi connectivity index (χ0n) is 20.0. The summed E-state index contributed by atoms with van der Waals surface area (Å²) in [4.78, 5) is 24.4. The molecule has 5 aromatic rings. The number of furan rings is 1. The van der Waals surface area contributed by atoms with Crippen molar-refractivity contribution in [2.45, 2.75) is 6.54 Å². The van der Waals surface area contributed by atoms with Crippen LogP contribution in [-0.2, 0) is 6.54 Å². The van der Waals surface area contributed by atoms with Crippen molar-refractivity contribution in [3.05, 3.63) is 109 Å². The van der Waals surface area contributed by atoms with Crippen molar-refractivity contribution in [2.75, 3.05) is 30.8 Å². The fourth-order valence-corrected chi connectivity index (χ4v) is 4.07. The summed E-state index contributed by atoms with van der Waals surface area (Å²) in [6, 6.07) is 25.3. The average molecular weight is 478 g/mol. The van der Waals surface area contributed by atoms with Crippen molar-refractivity contribution < 1.29 is 9.21 Å². The van der Waals surface area contributed by atoms with Gasteiger partial charge in [-0.2, -0.15) is 0 Å². The minimum atomic E-state index is -0.233. The van der Waals surface area contributed by atoms with Crippen molar-refractivity contribution >= 4 is 28.2 Å². The summed E-state index contributed by atoms with van der Waals surface area (Å²) in [5, 5.41) is 7.18. The second-order valence-electron chi connectivity index (χ2n) is 8.61. The number of carbonyl (C=O) groups excluding carboxylic acids is 1. The molecule has 0 spiro atoms. The highest BCUT2D eigenvalue weighted by molar-refractivity contribution is 6.13. The van der Waals surface area contributed by atoms with Crippen LogP contribution in [0.15, 0.2) is 102 Å². The highest BCUT2D eigenvalue weighted by Gasteiger charge is 2.16. The maximum Gasteiger partial charge on any atom is 0.256 e. The minimum absolute atomic E-state index is 0.233. The number of anilines is 2. The molecule has 0 atom stereocenters. The Morgan fingerprint density at radius 3 is 2.64 bits per heavy atom. The lowest BCUT2D eigenvalue weighted by molar-refractivity contribution is 0.102. The first-order chi connectivity index (χ1) is 17.7. The Hall–Kier alpha value is -4.49. The SMILES string of the molecule is CN(CCNc1ccc2nc(-c3ccco3)cc(C(=O)Nc3cccnc3)c2c1)Cc1ccccc1. The van der Waals surface area contributed by atoms with E-state index in [1.54, 1.807) is 42.9 Å². The molecule has 3 heterocycles. The van der Waals surface area contributed by atoms with Crippen LogP contribution in [0.4, 0.5) is 11.4 Å². The molecule has 2 N–H and O–H groups in total. The van der Waals surface area contributed by atoms with Gasteiger partial charge in [0.15, 0.2) is 5.76 Å². The van der Waals surface area contributed by atoms with E-state index in [4.69, 9.17) is 9.40 Å². The van der Waals surface area contributed by atoms with Gasteiger partial charge in [-0.05, 0) is 61.1 Å². The zero-order valence-corrected chi connectivity index (χ0v) is 20.0. The van der Waals surface area contributed by atoms with E-state index in [9.17, 15) is 4.79 Å². The van der Waals surface area contributed by atoms with Crippen LogP contribution < -0.4 is 10.6 Å². The number of rotatable bonds is 9. The molecule has 0 aliphatic heterocycles. The second-order valence-corrected chi connectivity index (χ2v) is 8.61. The van der Waals surface area contributed by atoms with Gasteiger partial charge in [0.25, 0.3) is 5.91 Å². The molecule has 0 aliphatic carbocycles. The van der Waals surface area contributed by atoms with Gasteiger partial charge in [0.2, 0.25) is 0 Å². The first-order valence-electron chi connectivity index (χ1n) is 11.8. The number of pyridine rings is 2. The summed E-state index contributed by atoms with van der Waals surface area (Å²) in [6.07, 6.45) is 4.88. The Morgan fingerprint density at radius 1 is 0.972 bits per heavy atom. The van der Waals surface area contributed by atoms with Crippen LogP contribution in [0, 0.1) is 0 Å². The fourth-order valence-electron chi connectivity index (χ4n) is 4.07. The lowest BCUT2D eigenvalue weighted by Gasteiger charge is -2.18. The average Bonchev–Trinajstić information content (AvgIpc) is 3.44. The topological polar surface area (TPSA) is 83.3 Å². The van der Waals surface area contributed by atoms with Gasteiger partial charge in [-0.1, -0.05) is 30.3 Å². The predicted octanol–water partition coefficient (Wildman–Crippen LogP) is 5.69. The third kappa shape index (κ3) is 5.59. The van der Waals surface area contributed by atoms with E-state index in [0.29, 0.717) is 28.2 Å². The molecule has 5 rings (SSSR count). The molecule has 36 heavy (non-hydrogen) atoms. The number of hydrogen-bond donors (Lipinski definition) is 2. The molecule has 0 aliphatic rings. The number of aromatic nitrogens is 2. The summed E-state index contributed by atoms with van der Waals surface area (Å²) in [5.74, 6) is 0.374. The molecule has 1 amide bonds. The number of likely N-dealkylation sites (N-methyl/N-ethyl adjacent to an activating group) is 1. The zero-order chi connectivity index (χ0) is 24.7. The molecule has 0 fully saturated rings. The van der Waals surface area contributed by atoms with E-state index in [-0.39, 0.29) is 5.91 Å². The maximum atomic E-state index is 13.3. The summed E-state index contributed by atoms with van der Waals surface area (Å²) in [5.41, 5.74) is 4.67. The smallest absolute Gasteiger partial charge is 0.256 e. The molecular weight excluding hydrogens is 450 g/mol. The lowest BCUT2D eigenvalue weighted by atomic mass is 10.0. The number of carbonyl (C=O) groups is 1. The second kappa shape index (κ2) is 10.8. The molecule has 0 bridgehead atoms. The number of nitrogens with zero attached hydrogens (tertiary/aromatic N) is 3. The third-order valence-corrected chi connectivity index (χ3v) is 5.86. The van der Waals surface area contributed by atoms with Crippen LogP contribution in [-0.4, -0.2) is 40.9 Å². The Kier molecular flexibility index (Phi) is 7.00. The Balaban J connectivity index is 1.37. The standard InChI is InChI=1S/C29H27N5O2/c1-34(20-21-7-3-2-4-8-21)15-14-31-22-11-12-26-24(17-22)25(18-27(33-26)28-10-6-16-36-28)29(35)32-23-9-5-13-30-19-23/h2-13,16-19,31H,14-15,20H2,1H3,(H,32,35). The highest BCUT2D eigenvalue weighted by atomic mass is 16.3. The molecule has 180 valence electrons. The van der Waals surface area contributed by atoms with Crippen LogP contribution in [0.1, 0.15) is 15.9 Å². The molecule has 3 aromatic heterocycles. The molecule has 0 radical (unpaired) electrons. The lowest BCUT2D eigenvalue weighted by Crippen LogP contribution is -2.24. The quantitative estimate of drug-likeness (QED) is 0.284. The van der Waals surface area contributed by atoms with Gasteiger partial charge in [0.1, 0.15) is 5.69 Å². The van der Waals surface area contributed by atoms with Gasteiger partial charge < -0.3 is 20.0 Å².